The van der Waals surface area contributed by atoms with Crippen molar-refractivity contribution in [2.45, 2.75) is 11.4 Å². The van der Waals surface area contributed by atoms with Crippen LogP contribution in [0.3, 0.4) is 0 Å². The van der Waals surface area contributed by atoms with Crippen LogP contribution in [0.1, 0.15) is 5.56 Å². The second kappa shape index (κ2) is 7.19. The van der Waals surface area contributed by atoms with E-state index in [1.165, 1.54) is 4.31 Å². The third-order valence-electron chi connectivity index (χ3n) is 3.71. The van der Waals surface area contributed by atoms with Crippen molar-refractivity contribution in [3.63, 3.8) is 0 Å². The second-order valence-electron chi connectivity index (χ2n) is 5.30. The van der Waals surface area contributed by atoms with E-state index >= 15 is 0 Å². The number of carbonyl (C=O) groups is 1. The average molecular weight is 326 g/mol. The first-order chi connectivity index (χ1) is 10.4. The minimum absolute atomic E-state index is 0.118. The van der Waals surface area contributed by atoms with Gasteiger partial charge in [-0.05, 0) is 18.7 Å². The lowest BCUT2D eigenvalue weighted by atomic mass is 10.2. The van der Waals surface area contributed by atoms with Crippen molar-refractivity contribution in [2.24, 2.45) is 5.73 Å². The smallest absolute Gasteiger partial charge is 0.243 e. The Morgan fingerprint density at radius 2 is 1.86 bits per heavy atom. The number of nitrogens with one attached hydrogen (secondary N) is 1. The number of hydrogen-bond acceptors (Lipinski definition) is 5. The zero-order valence-electron chi connectivity index (χ0n) is 12.7. The summed E-state index contributed by atoms with van der Waals surface area (Å²) in [6.07, 6.45) is 0. The largest absolute Gasteiger partial charge is 0.351 e. The molecule has 1 aliphatic rings. The standard InChI is InChI=1S/C14H22N4O3S/c1-17-6-8-18(9-7-17)22(20,21)13-5-3-2-4-12(13)11-16-14(19)10-15/h2-5H,6-11,15H2,1H3,(H,16,19). The maximum absolute atomic E-state index is 12.8. The molecule has 1 aromatic carbocycles. The number of piperazine rings is 1. The van der Waals surface area contributed by atoms with Crippen molar-refractivity contribution in [1.29, 1.82) is 0 Å². The topological polar surface area (TPSA) is 95.7 Å². The van der Waals surface area contributed by atoms with Crippen LogP contribution < -0.4 is 11.1 Å². The van der Waals surface area contributed by atoms with Crippen LogP contribution in [0.5, 0.6) is 0 Å². The lowest BCUT2D eigenvalue weighted by molar-refractivity contribution is -0.119. The van der Waals surface area contributed by atoms with Gasteiger partial charge in [0.25, 0.3) is 0 Å². The number of amides is 1. The molecule has 1 aliphatic heterocycles. The second-order valence-corrected chi connectivity index (χ2v) is 7.20. The molecule has 2 rings (SSSR count). The molecular weight excluding hydrogens is 304 g/mol. The van der Waals surface area contributed by atoms with Crippen LogP contribution in [0.2, 0.25) is 0 Å². The van der Waals surface area contributed by atoms with Crippen LogP contribution >= 0.6 is 0 Å². The number of likely N-dealkylation sites (N-methyl/N-ethyl adjacent to an activating group) is 1. The molecule has 1 aromatic rings. The molecule has 0 spiro atoms. The number of sulfonamides is 1. The molecule has 8 heteroatoms. The molecule has 122 valence electrons. The Bertz CT molecular complexity index is 625. The summed E-state index contributed by atoms with van der Waals surface area (Å²) >= 11 is 0. The summed E-state index contributed by atoms with van der Waals surface area (Å²) in [7, 11) is -1.57. The van der Waals surface area contributed by atoms with Crippen LogP contribution in [0.4, 0.5) is 0 Å². The molecule has 0 atom stereocenters. The van der Waals surface area contributed by atoms with Gasteiger partial charge in [0.1, 0.15) is 0 Å². The zero-order valence-corrected chi connectivity index (χ0v) is 13.5. The molecule has 1 amide bonds. The SMILES string of the molecule is CN1CCN(S(=O)(=O)c2ccccc2CNC(=O)CN)CC1. The van der Waals surface area contributed by atoms with E-state index < -0.39 is 10.0 Å². The Morgan fingerprint density at radius 3 is 2.50 bits per heavy atom. The van der Waals surface area contributed by atoms with E-state index in [2.05, 4.69) is 10.2 Å². The van der Waals surface area contributed by atoms with Crippen LogP contribution in [0, 0.1) is 0 Å². The molecule has 1 fully saturated rings. The van der Waals surface area contributed by atoms with Gasteiger partial charge in [0.15, 0.2) is 0 Å². The van der Waals surface area contributed by atoms with Crippen molar-refractivity contribution in [3.05, 3.63) is 29.8 Å². The van der Waals surface area contributed by atoms with Crippen LogP contribution in [-0.4, -0.2) is 63.3 Å². The van der Waals surface area contributed by atoms with Crippen LogP contribution in [-0.2, 0) is 21.4 Å². The van der Waals surface area contributed by atoms with Crippen LogP contribution in [0.25, 0.3) is 0 Å². The monoisotopic (exact) mass is 326 g/mol. The molecule has 3 N–H and O–H groups in total. The first-order valence-corrected chi connectivity index (χ1v) is 8.62. The number of carbonyl (C=O) groups excluding carboxylic acids is 1. The molecule has 0 aliphatic carbocycles. The predicted molar refractivity (Wildman–Crippen MR) is 83.6 cm³/mol. The quantitative estimate of drug-likeness (QED) is 0.738. The normalized spacial score (nSPS) is 17.4. The summed E-state index contributed by atoms with van der Waals surface area (Å²) in [5.41, 5.74) is 5.82. The van der Waals surface area contributed by atoms with Crippen molar-refractivity contribution < 1.29 is 13.2 Å². The number of benzene rings is 1. The summed E-state index contributed by atoms with van der Waals surface area (Å²) in [6.45, 7) is 2.41. The van der Waals surface area contributed by atoms with E-state index in [1.54, 1.807) is 24.3 Å². The Labute approximate surface area is 131 Å². The van der Waals surface area contributed by atoms with Gasteiger partial charge < -0.3 is 16.0 Å². The molecule has 1 saturated heterocycles. The number of nitrogens with two attached hydrogens (primary N) is 1. The Kier molecular flexibility index (Phi) is 5.52. The molecule has 0 radical (unpaired) electrons. The fraction of sp³-hybridized carbons (Fsp3) is 0.500. The third kappa shape index (κ3) is 3.83. The molecule has 0 bridgehead atoms. The Balaban J connectivity index is 2.21. The van der Waals surface area contributed by atoms with Gasteiger partial charge in [-0.1, -0.05) is 18.2 Å². The van der Waals surface area contributed by atoms with Crippen molar-refractivity contribution in [1.82, 2.24) is 14.5 Å². The van der Waals surface area contributed by atoms with Gasteiger partial charge in [-0.25, -0.2) is 8.42 Å². The van der Waals surface area contributed by atoms with Gasteiger partial charge >= 0.3 is 0 Å². The molecule has 0 unspecified atom stereocenters. The number of hydrogen-bond donors (Lipinski definition) is 2. The first kappa shape index (κ1) is 16.9. The molecule has 0 saturated carbocycles. The highest BCUT2D eigenvalue weighted by Crippen LogP contribution is 2.21. The van der Waals surface area contributed by atoms with E-state index in [4.69, 9.17) is 5.73 Å². The van der Waals surface area contributed by atoms with E-state index in [0.717, 1.165) is 0 Å². The zero-order chi connectivity index (χ0) is 16.2. The molecule has 1 heterocycles. The summed E-state index contributed by atoms with van der Waals surface area (Å²) in [5.74, 6) is -0.313. The van der Waals surface area contributed by atoms with Crippen LogP contribution in [0.15, 0.2) is 29.2 Å². The van der Waals surface area contributed by atoms with Crippen molar-refractivity contribution in [3.8, 4) is 0 Å². The fourth-order valence-corrected chi connectivity index (χ4v) is 3.98. The fourth-order valence-electron chi connectivity index (χ4n) is 2.34. The van der Waals surface area contributed by atoms with Crippen molar-refractivity contribution in [2.75, 3.05) is 39.8 Å². The number of nitrogens with zero attached hydrogens (tertiary/aromatic N) is 2. The molecular formula is C14H22N4O3S. The van der Waals surface area contributed by atoms with Gasteiger partial charge in [0.05, 0.1) is 11.4 Å². The summed E-state index contributed by atoms with van der Waals surface area (Å²) in [5, 5.41) is 2.62. The van der Waals surface area contributed by atoms with Gasteiger partial charge in [-0.2, -0.15) is 4.31 Å². The third-order valence-corrected chi connectivity index (χ3v) is 5.71. The van der Waals surface area contributed by atoms with Gasteiger partial charge in [-0.15, -0.1) is 0 Å². The van der Waals surface area contributed by atoms with Gasteiger partial charge in [-0.3, -0.25) is 4.79 Å². The highest BCUT2D eigenvalue weighted by Gasteiger charge is 2.29. The van der Waals surface area contributed by atoms with E-state index in [0.29, 0.717) is 31.7 Å². The van der Waals surface area contributed by atoms with E-state index in [-0.39, 0.29) is 23.9 Å². The maximum atomic E-state index is 12.8. The summed E-state index contributed by atoms with van der Waals surface area (Å²) in [6, 6.07) is 6.74. The Hall–Kier alpha value is -1.48. The lowest BCUT2D eigenvalue weighted by Gasteiger charge is -2.32. The van der Waals surface area contributed by atoms with E-state index in [1.807, 2.05) is 7.05 Å². The maximum Gasteiger partial charge on any atom is 0.243 e. The lowest BCUT2D eigenvalue weighted by Crippen LogP contribution is -2.47. The predicted octanol–water partition coefficient (Wildman–Crippen LogP) is -0.802. The minimum atomic E-state index is -3.55. The minimum Gasteiger partial charge on any atom is -0.351 e. The highest BCUT2D eigenvalue weighted by atomic mass is 32.2. The van der Waals surface area contributed by atoms with Gasteiger partial charge in [0, 0.05) is 32.7 Å². The summed E-state index contributed by atoms with van der Waals surface area (Å²) in [4.78, 5) is 13.6. The first-order valence-electron chi connectivity index (χ1n) is 7.18. The Morgan fingerprint density at radius 1 is 1.23 bits per heavy atom. The van der Waals surface area contributed by atoms with Gasteiger partial charge in [0.2, 0.25) is 15.9 Å². The summed E-state index contributed by atoms with van der Waals surface area (Å²) < 4.78 is 27.1. The van der Waals surface area contributed by atoms with E-state index in [9.17, 15) is 13.2 Å². The molecule has 22 heavy (non-hydrogen) atoms. The highest BCUT2D eigenvalue weighted by molar-refractivity contribution is 7.89. The molecule has 7 nitrogen and oxygen atoms in total. The molecule has 0 aromatic heterocycles. The number of rotatable bonds is 5. The average Bonchev–Trinajstić information content (AvgIpc) is 2.53. The van der Waals surface area contributed by atoms with Crippen molar-refractivity contribution >= 4 is 15.9 Å².